The lowest BCUT2D eigenvalue weighted by Gasteiger charge is -2.17. The van der Waals surface area contributed by atoms with Crippen LogP contribution in [0.2, 0.25) is 0 Å². The molecular formula is C18H18FNO6S. The van der Waals surface area contributed by atoms with E-state index in [1.54, 1.807) is 24.3 Å². The highest BCUT2D eigenvalue weighted by molar-refractivity contribution is 7.89. The van der Waals surface area contributed by atoms with Gasteiger partial charge in [0.25, 0.3) is 0 Å². The number of hydrogen-bond acceptors (Lipinski definition) is 5. The minimum absolute atomic E-state index is 0.0107. The molecule has 9 heteroatoms. The van der Waals surface area contributed by atoms with Crippen molar-refractivity contribution in [2.24, 2.45) is 0 Å². The molecule has 144 valence electrons. The van der Waals surface area contributed by atoms with Gasteiger partial charge in [-0.1, -0.05) is 12.1 Å². The van der Waals surface area contributed by atoms with Gasteiger partial charge >= 0.3 is 5.97 Å². The van der Waals surface area contributed by atoms with Crippen molar-refractivity contribution in [3.05, 3.63) is 53.8 Å². The average Bonchev–Trinajstić information content (AvgIpc) is 3.12. The summed E-state index contributed by atoms with van der Waals surface area (Å²) in [6.07, 6.45) is 0.617. The summed E-state index contributed by atoms with van der Waals surface area (Å²) in [5.41, 5.74) is 0.925. The zero-order valence-corrected chi connectivity index (χ0v) is 15.0. The molecule has 1 atom stereocenters. The Bertz CT molecular complexity index is 945. The summed E-state index contributed by atoms with van der Waals surface area (Å²) in [6, 6.07) is 9.76. The van der Waals surface area contributed by atoms with Gasteiger partial charge in [-0.2, -0.15) is 4.31 Å². The number of aromatic hydroxyl groups is 1. The first kappa shape index (κ1) is 19.1. The predicted molar refractivity (Wildman–Crippen MR) is 93.8 cm³/mol. The van der Waals surface area contributed by atoms with Crippen LogP contribution in [0, 0.1) is 5.82 Å². The molecule has 0 spiro atoms. The van der Waals surface area contributed by atoms with Gasteiger partial charge in [-0.15, -0.1) is 0 Å². The van der Waals surface area contributed by atoms with Gasteiger partial charge in [0.15, 0.2) is 18.2 Å². The summed E-state index contributed by atoms with van der Waals surface area (Å²) in [5, 5.41) is 17.9. The molecule has 1 aliphatic rings. The minimum Gasteiger partial charge on any atom is -0.508 e. The van der Waals surface area contributed by atoms with E-state index in [2.05, 4.69) is 0 Å². The van der Waals surface area contributed by atoms with Gasteiger partial charge in [0, 0.05) is 13.1 Å². The first-order valence-corrected chi connectivity index (χ1v) is 9.64. The lowest BCUT2D eigenvalue weighted by atomic mass is 9.99. The van der Waals surface area contributed by atoms with E-state index in [1.165, 1.54) is 10.4 Å². The molecule has 0 radical (unpaired) electrons. The Morgan fingerprint density at radius 3 is 2.56 bits per heavy atom. The summed E-state index contributed by atoms with van der Waals surface area (Å²) < 4.78 is 45.7. The zero-order valence-electron chi connectivity index (χ0n) is 14.2. The SMILES string of the molecule is O=C(O)COc1ccc(S(=O)(=O)N2CCC(c3ccc(O)cc3)C2)cc1F. The second-order valence-corrected chi connectivity index (χ2v) is 8.15. The Kier molecular flexibility index (Phi) is 5.33. The van der Waals surface area contributed by atoms with Gasteiger partial charge in [-0.3, -0.25) is 0 Å². The predicted octanol–water partition coefficient (Wildman–Crippen LogP) is 2.17. The first-order valence-electron chi connectivity index (χ1n) is 8.20. The monoisotopic (exact) mass is 395 g/mol. The van der Waals surface area contributed by atoms with E-state index in [-0.39, 0.29) is 28.9 Å². The number of phenols is 1. The van der Waals surface area contributed by atoms with Crippen molar-refractivity contribution in [1.82, 2.24) is 4.31 Å². The van der Waals surface area contributed by atoms with Crippen LogP contribution in [0.25, 0.3) is 0 Å². The quantitative estimate of drug-likeness (QED) is 0.777. The molecule has 3 rings (SSSR count). The van der Waals surface area contributed by atoms with Crippen LogP contribution in [-0.2, 0) is 14.8 Å². The molecule has 0 amide bonds. The number of benzene rings is 2. The van der Waals surface area contributed by atoms with Crippen molar-refractivity contribution in [1.29, 1.82) is 0 Å². The second-order valence-electron chi connectivity index (χ2n) is 6.21. The Labute approximate surface area is 155 Å². The van der Waals surface area contributed by atoms with Crippen LogP contribution in [0.1, 0.15) is 17.9 Å². The number of nitrogens with zero attached hydrogens (tertiary/aromatic N) is 1. The molecule has 1 saturated heterocycles. The van der Waals surface area contributed by atoms with Gasteiger partial charge in [0.1, 0.15) is 5.75 Å². The Morgan fingerprint density at radius 2 is 1.93 bits per heavy atom. The summed E-state index contributed by atoms with van der Waals surface area (Å²) in [5.74, 6) is -2.39. The van der Waals surface area contributed by atoms with Crippen LogP contribution in [0.5, 0.6) is 11.5 Å². The van der Waals surface area contributed by atoms with Crippen LogP contribution in [0.4, 0.5) is 4.39 Å². The number of halogens is 1. The van der Waals surface area contributed by atoms with Gasteiger partial charge in [-0.05, 0) is 48.2 Å². The molecule has 0 aliphatic carbocycles. The van der Waals surface area contributed by atoms with Crippen molar-refractivity contribution in [2.45, 2.75) is 17.2 Å². The summed E-state index contributed by atoms with van der Waals surface area (Å²) in [4.78, 5) is 10.3. The first-order chi connectivity index (χ1) is 12.8. The van der Waals surface area contributed by atoms with Crippen LogP contribution in [0.3, 0.4) is 0 Å². The number of carboxylic acid groups (broad SMARTS) is 1. The van der Waals surface area contributed by atoms with E-state index in [4.69, 9.17) is 9.84 Å². The topological polar surface area (TPSA) is 104 Å². The van der Waals surface area contributed by atoms with Gasteiger partial charge in [0.2, 0.25) is 10.0 Å². The highest BCUT2D eigenvalue weighted by atomic mass is 32.2. The fraction of sp³-hybridized carbons (Fsp3) is 0.278. The second kappa shape index (κ2) is 7.53. The van der Waals surface area contributed by atoms with E-state index in [9.17, 15) is 22.7 Å². The number of sulfonamides is 1. The van der Waals surface area contributed by atoms with Gasteiger partial charge < -0.3 is 14.9 Å². The lowest BCUT2D eigenvalue weighted by molar-refractivity contribution is -0.139. The summed E-state index contributed by atoms with van der Waals surface area (Å²) >= 11 is 0. The van der Waals surface area contributed by atoms with Crippen molar-refractivity contribution in [2.75, 3.05) is 19.7 Å². The molecule has 2 aromatic rings. The molecule has 2 N–H and O–H groups in total. The Hall–Kier alpha value is -2.65. The van der Waals surface area contributed by atoms with E-state index in [0.717, 1.165) is 17.7 Å². The third-order valence-electron chi connectivity index (χ3n) is 4.41. The fourth-order valence-electron chi connectivity index (χ4n) is 3.01. The number of rotatable bonds is 6. The van der Waals surface area contributed by atoms with Gasteiger partial charge in [0.05, 0.1) is 4.90 Å². The number of phenolic OH excluding ortho intramolecular Hbond substituents is 1. The van der Waals surface area contributed by atoms with E-state index in [0.29, 0.717) is 13.0 Å². The smallest absolute Gasteiger partial charge is 0.341 e. The third-order valence-corrected chi connectivity index (χ3v) is 6.27. The normalized spacial score (nSPS) is 17.7. The molecule has 0 bridgehead atoms. The Balaban J connectivity index is 1.75. The molecule has 2 aromatic carbocycles. The highest BCUT2D eigenvalue weighted by Gasteiger charge is 2.33. The average molecular weight is 395 g/mol. The third kappa shape index (κ3) is 4.20. The van der Waals surface area contributed by atoms with Crippen molar-refractivity contribution in [3.8, 4) is 11.5 Å². The van der Waals surface area contributed by atoms with Crippen molar-refractivity contribution >= 4 is 16.0 Å². The molecule has 27 heavy (non-hydrogen) atoms. The lowest BCUT2D eigenvalue weighted by Crippen LogP contribution is -2.28. The molecule has 0 aromatic heterocycles. The van der Waals surface area contributed by atoms with E-state index >= 15 is 0 Å². The number of hydrogen-bond donors (Lipinski definition) is 2. The maximum Gasteiger partial charge on any atom is 0.341 e. The maximum absolute atomic E-state index is 14.1. The molecule has 1 unspecified atom stereocenters. The zero-order chi connectivity index (χ0) is 19.6. The summed E-state index contributed by atoms with van der Waals surface area (Å²) in [6.45, 7) is -0.164. The number of carboxylic acids is 1. The van der Waals surface area contributed by atoms with Crippen LogP contribution in [-0.4, -0.2) is 48.6 Å². The van der Waals surface area contributed by atoms with E-state index < -0.39 is 28.4 Å². The van der Waals surface area contributed by atoms with Crippen molar-refractivity contribution < 1.29 is 32.6 Å². The van der Waals surface area contributed by atoms with Gasteiger partial charge in [-0.25, -0.2) is 17.6 Å². The number of aliphatic carboxylic acids is 1. The van der Waals surface area contributed by atoms with Crippen LogP contribution >= 0.6 is 0 Å². The molecule has 1 fully saturated rings. The van der Waals surface area contributed by atoms with Crippen molar-refractivity contribution in [3.63, 3.8) is 0 Å². The standard InChI is InChI=1S/C18H18FNO6S/c19-16-9-15(5-6-17(16)26-11-18(22)23)27(24,25)20-8-7-13(10-20)12-1-3-14(21)4-2-12/h1-6,9,13,21H,7-8,10-11H2,(H,22,23). The van der Waals surface area contributed by atoms with Crippen LogP contribution in [0.15, 0.2) is 47.4 Å². The fourth-order valence-corrected chi connectivity index (χ4v) is 4.53. The van der Waals surface area contributed by atoms with Crippen LogP contribution < -0.4 is 4.74 Å². The number of ether oxygens (including phenoxy) is 1. The maximum atomic E-state index is 14.1. The molecule has 1 aliphatic heterocycles. The molecule has 0 saturated carbocycles. The molecular weight excluding hydrogens is 377 g/mol. The summed E-state index contributed by atoms with van der Waals surface area (Å²) in [7, 11) is -3.89. The minimum atomic E-state index is -3.89. The van der Waals surface area contributed by atoms with E-state index in [1.807, 2.05) is 0 Å². The molecule has 7 nitrogen and oxygen atoms in total. The highest BCUT2D eigenvalue weighted by Crippen LogP contribution is 2.32. The Morgan fingerprint density at radius 1 is 1.22 bits per heavy atom. The molecule has 1 heterocycles. The number of carbonyl (C=O) groups is 1. The largest absolute Gasteiger partial charge is 0.508 e.